The standard InChI is InChI=1S/C29H26N2O2/c32-28(29(33)30-21-20-23-10-4-1-5-11-23)22-24-16-18-27(19-17-24)31(25-12-6-2-7-13-25)26-14-8-3-9-15-26/h1-19,22,32H,20-21H2,(H,30,33)/b28-22-. The van der Waals surface area contributed by atoms with Crippen LogP contribution in [0.3, 0.4) is 0 Å². The Balaban J connectivity index is 1.46. The van der Waals surface area contributed by atoms with Crippen LogP contribution in [0.2, 0.25) is 0 Å². The molecule has 2 N–H and O–H groups in total. The van der Waals surface area contributed by atoms with Crippen LogP contribution in [0.15, 0.2) is 121 Å². The molecule has 0 aromatic heterocycles. The Bertz CT molecular complexity index is 1150. The Labute approximate surface area is 194 Å². The molecule has 0 spiro atoms. The van der Waals surface area contributed by atoms with Gasteiger partial charge in [0.15, 0.2) is 5.76 Å². The number of carbonyl (C=O) groups excluding carboxylic acids is 1. The monoisotopic (exact) mass is 434 g/mol. The molecule has 4 aromatic rings. The molecular formula is C29H26N2O2. The Kier molecular flexibility index (Phi) is 7.18. The highest BCUT2D eigenvalue weighted by Crippen LogP contribution is 2.34. The first-order valence-corrected chi connectivity index (χ1v) is 10.9. The van der Waals surface area contributed by atoms with Crippen LogP contribution in [-0.2, 0) is 11.2 Å². The quantitative estimate of drug-likeness (QED) is 0.249. The first kappa shape index (κ1) is 21.9. The van der Waals surface area contributed by atoms with Crippen molar-refractivity contribution in [1.82, 2.24) is 5.32 Å². The third-order valence-electron chi connectivity index (χ3n) is 5.26. The van der Waals surface area contributed by atoms with E-state index < -0.39 is 5.91 Å². The van der Waals surface area contributed by atoms with Crippen LogP contribution in [0, 0.1) is 0 Å². The number of anilines is 3. The van der Waals surface area contributed by atoms with Crippen molar-refractivity contribution >= 4 is 29.0 Å². The third-order valence-corrected chi connectivity index (χ3v) is 5.26. The molecule has 0 aliphatic carbocycles. The average Bonchev–Trinajstić information content (AvgIpc) is 2.87. The summed E-state index contributed by atoms with van der Waals surface area (Å²) in [5.41, 5.74) is 4.96. The van der Waals surface area contributed by atoms with Crippen LogP contribution in [0.1, 0.15) is 11.1 Å². The highest BCUT2D eigenvalue weighted by Gasteiger charge is 2.12. The number of hydrogen-bond donors (Lipinski definition) is 2. The Morgan fingerprint density at radius 1 is 0.697 bits per heavy atom. The van der Waals surface area contributed by atoms with Gasteiger partial charge in [0, 0.05) is 23.6 Å². The topological polar surface area (TPSA) is 52.6 Å². The van der Waals surface area contributed by atoms with Crippen LogP contribution >= 0.6 is 0 Å². The first-order chi connectivity index (χ1) is 16.2. The van der Waals surface area contributed by atoms with E-state index in [4.69, 9.17) is 0 Å². The Morgan fingerprint density at radius 3 is 1.73 bits per heavy atom. The van der Waals surface area contributed by atoms with Crippen molar-refractivity contribution in [3.05, 3.63) is 132 Å². The molecule has 0 saturated heterocycles. The minimum absolute atomic E-state index is 0.307. The number of aliphatic hydroxyl groups excluding tert-OH is 1. The maximum absolute atomic E-state index is 12.2. The van der Waals surface area contributed by atoms with Gasteiger partial charge < -0.3 is 15.3 Å². The predicted octanol–water partition coefficient (Wildman–Crippen LogP) is 6.41. The summed E-state index contributed by atoms with van der Waals surface area (Å²) in [5, 5.41) is 13.0. The molecule has 0 unspecified atom stereocenters. The number of nitrogens with one attached hydrogen (secondary N) is 1. The molecule has 33 heavy (non-hydrogen) atoms. The van der Waals surface area contributed by atoms with Crippen molar-refractivity contribution in [2.45, 2.75) is 6.42 Å². The molecular weight excluding hydrogens is 408 g/mol. The molecule has 4 heteroatoms. The largest absolute Gasteiger partial charge is 0.503 e. The summed E-state index contributed by atoms with van der Waals surface area (Å²) in [6.45, 7) is 0.461. The minimum atomic E-state index is -0.481. The van der Waals surface area contributed by atoms with Gasteiger partial charge in [-0.2, -0.15) is 0 Å². The van der Waals surface area contributed by atoms with Crippen molar-refractivity contribution in [2.75, 3.05) is 11.4 Å². The lowest BCUT2D eigenvalue weighted by molar-refractivity contribution is -0.119. The number of para-hydroxylation sites is 2. The number of nitrogens with zero attached hydrogens (tertiary/aromatic N) is 1. The second-order valence-corrected chi connectivity index (χ2v) is 7.62. The molecule has 4 nitrogen and oxygen atoms in total. The molecule has 1 amide bonds. The summed E-state index contributed by atoms with van der Waals surface area (Å²) in [7, 11) is 0. The Hall–Kier alpha value is -4.31. The number of rotatable bonds is 8. The van der Waals surface area contributed by atoms with E-state index in [1.165, 1.54) is 6.08 Å². The summed E-state index contributed by atoms with van der Waals surface area (Å²) in [4.78, 5) is 14.4. The van der Waals surface area contributed by atoms with E-state index in [0.29, 0.717) is 13.0 Å². The number of amides is 1. The summed E-state index contributed by atoms with van der Waals surface area (Å²) < 4.78 is 0. The molecule has 0 aliphatic heterocycles. The van der Waals surface area contributed by atoms with Gasteiger partial charge in [0.1, 0.15) is 0 Å². The van der Waals surface area contributed by atoms with Crippen molar-refractivity contribution in [1.29, 1.82) is 0 Å². The fourth-order valence-electron chi connectivity index (χ4n) is 3.60. The molecule has 0 saturated carbocycles. The van der Waals surface area contributed by atoms with Crippen molar-refractivity contribution in [3.8, 4) is 0 Å². The maximum atomic E-state index is 12.2. The van der Waals surface area contributed by atoms with E-state index in [-0.39, 0.29) is 5.76 Å². The van der Waals surface area contributed by atoms with E-state index in [2.05, 4.69) is 34.5 Å². The fourth-order valence-corrected chi connectivity index (χ4v) is 3.60. The third kappa shape index (κ3) is 5.89. The van der Waals surface area contributed by atoms with Gasteiger partial charge in [-0.05, 0) is 60.0 Å². The minimum Gasteiger partial charge on any atom is -0.503 e. The highest BCUT2D eigenvalue weighted by molar-refractivity contribution is 5.95. The van der Waals surface area contributed by atoms with Crippen molar-refractivity contribution < 1.29 is 9.90 Å². The molecule has 0 heterocycles. The zero-order valence-corrected chi connectivity index (χ0v) is 18.3. The number of aliphatic hydroxyl groups is 1. The zero-order valence-electron chi connectivity index (χ0n) is 18.3. The van der Waals surface area contributed by atoms with Gasteiger partial charge in [0.2, 0.25) is 0 Å². The highest BCUT2D eigenvalue weighted by atomic mass is 16.3. The number of carbonyl (C=O) groups is 1. The number of hydrogen-bond acceptors (Lipinski definition) is 3. The molecule has 4 rings (SSSR count). The van der Waals surface area contributed by atoms with Crippen LogP contribution in [0.5, 0.6) is 0 Å². The predicted molar refractivity (Wildman–Crippen MR) is 135 cm³/mol. The Morgan fingerprint density at radius 2 is 1.18 bits per heavy atom. The van der Waals surface area contributed by atoms with Gasteiger partial charge in [-0.15, -0.1) is 0 Å². The van der Waals surface area contributed by atoms with E-state index in [1.54, 1.807) is 0 Å². The van der Waals surface area contributed by atoms with Crippen LogP contribution in [-0.4, -0.2) is 17.6 Å². The lowest BCUT2D eigenvalue weighted by Gasteiger charge is -2.25. The summed E-state index contributed by atoms with van der Waals surface area (Å²) in [6, 6.07) is 37.9. The van der Waals surface area contributed by atoms with Gasteiger partial charge in [0.25, 0.3) is 5.91 Å². The van der Waals surface area contributed by atoms with Crippen LogP contribution in [0.25, 0.3) is 6.08 Å². The summed E-state index contributed by atoms with van der Waals surface area (Å²) in [5.74, 6) is -0.788. The van der Waals surface area contributed by atoms with Crippen molar-refractivity contribution in [2.24, 2.45) is 0 Å². The second kappa shape index (κ2) is 10.8. The molecule has 0 atom stereocenters. The van der Waals surface area contributed by atoms with Gasteiger partial charge >= 0.3 is 0 Å². The molecule has 0 aliphatic rings. The lowest BCUT2D eigenvalue weighted by atomic mass is 10.1. The molecule has 0 bridgehead atoms. The lowest BCUT2D eigenvalue weighted by Crippen LogP contribution is -2.27. The van der Waals surface area contributed by atoms with E-state index in [9.17, 15) is 9.90 Å². The summed E-state index contributed by atoms with van der Waals surface area (Å²) in [6.07, 6.45) is 2.19. The average molecular weight is 435 g/mol. The smallest absolute Gasteiger partial charge is 0.286 e. The van der Waals surface area contributed by atoms with E-state index in [1.807, 2.05) is 91.0 Å². The maximum Gasteiger partial charge on any atom is 0.286 e. The second-order valence-electron chi connectivity index (χ2n) is 7.62. The van der Waals surface area contributed by atoms with Gasteiger partial charge in [-0.1, -0.05) is 78.9 Å². The first-order valence-electron chi connectivity index (χ1n) is 10.9. The molecule has 164 valence electrons. The van der Waals surface area contributed by atoms with Crippen LogP contribution in [0.4, 0.5) is 17.1 Å². The fraction of sp³-hybridized carbons (Fsp3) is 0.0690. The number of benzene rings is 4. The zero-order chi connectivity index (χ0) is 22.9. The molecule has 4 aromatic carbocycles. The van der Waals surface area contributed by atoms with Crippen LogP contribution < -0.4 is 10.2 Å². The van der Waals surface area contributed by atoms with Gasteiger partial charge in [-0.3, -0.25) is 4.79 Å². The molecule has 0 radical (unpaired) electrons. The summed E-state index contributed by atoms with van der Waals surface area (Å²) >= 11 is 0. The SMILES string of the molecule is O=C(NCCc1ccccc1)/C(O)=C/c1ccc(N(c2ccccc2)c2ccccc2)cc1. The normalized spacial score (nSPS) is 11.1. The van der Waals surface area contributed by atoms with Crippen molar-refractivity contribution in [3.63, 3.8) is 0 Å². The van der Waals surface area contributed by atoms with E-state index >= 15 is 0 Å². The molecule has 0 fully saturated rings. The van der Waals surface area contributed by atoms with Gasteiger partial charge in [0.05, 0.1) is 0 Å². The van der Waals surface area contributed by atoms with Gasteiger partial charge in [-0.25, -0.2) is 0 Å². The van der Waals surface area contributed by atoms with E-state index in [0.717, 1.165) is 28.2 Å².